The highest BCUT2D eigenvalue weighted by molar-refractivity contribution is 5.82. The largest absolute Gasteiger partial charge is 0.389 e. The summed E-state index contributed by atoms with van der Waals surface area (Å²) in [5, 5.41) is 3.07. The zero-order valence-electron chi connectivity index (χ0n) is 8.36. The van der Waals surface area contributed by atoms with Crippen molar-refractivity contribution in [1.29, 1.82) is 0 Å². The van der Waals surface area contributed by atoms with E-state index in [1.807, 2.05) is 0 Å². The average molecular weight is 224 g/mol. The molecule has 16 heavy (non-hydrogen) atoms. The van der Waals surface area contributed by atoms with E-state index >= 15 is 0 Å². The zero-order valence-corrected chi connectivity index (χ0v) is 8.36. The Labute approximate surface area is 91.9 Å². The number of nitrogens with two attached hydrogens (primary N) is 1. The van der Waals surface area contributed by atoms with E-state index < -0.39 is 12.3 Å². The Kier molecular flexibility index (Phi) is 4.28. The monoisotopic (exact) mass is 224 g/mol. The molecule has 84 valence electrons. The van der Waals surface area contributed by atoms with Gasteiger partial charge >= 0.3 is 0 Å². The Bertz CT molecular complexity index is 424. The lowest BCUT2D eigenvalue weighted by atomic mass is 10.1. The standard InChI is InChI=1S/C11H10F2N2O/c1-2-8-4-3-5-9(6-8)7-16-15-11(14)10(12)13/h1,3-6,10H,7H2,(H2,14,15). The van der Waals surface area contributed by atoms with Gasteiger partial charge in [-0.3, -0.25) is 0 Å². The van der Waals surface area contributed by atoms with E-state index in [0.29, 0.717) is 5.56 Å². The fraction of sp³-hybridized carbons (Fsp3) is 0.182. The van der Waals surface area contributed by atoms with E-state index in [9.17, 15) is 8.78 Å². The fourth-order valence-corrected chi connectivity index (χ4v) is 0.972. The normalized spacial score (nSPS) is 11.2. The highest BCUT2D eigenvalue weighted by Gasteiger charge is 2.08. The number of rotatable bonds is 4. The van der Waals surface area contributed by atoms with Crippen molar-refractivity contribution in [3.63, 3.8) is 0 Å². The molecule has 2 N–H and O–H groups in total. The molecule has 0 aliphatic heterocycles. The second-order valence-electron chi connectivity index (χ2n) is 2.94. The van der Waals surface area contributed by atoms with Gasteiger partial charge in [-0.1, -0.05) is 23.2 Å². The third-order valence-corrected chi connectivity index (χ3v) is 1.72. The van der Waals surface area contributed by atoms with Crippen LogP contribution in [-0.4, -0.2) is 12.3 Å². The Morgan fingerprint density at radius 1 is 1.56 bits per heavy atom. The molecule has 0 spiro atoms. The number of hydrogen-bond acceptors (Lipinski definition) is 2. The molecule has 1 aromatic carbocycles. The van der Waals surface area contributed by atoms with Crippen molar-refractivity contribution in [2.75, 3.05) is 0 Å². The van der Waals surface area contributed by atoms with Crippen LogP contribution in [0.15, 0.2) is 29.4 Å². The molecule has 0 atom stereocenters. The van der Waals surface area contributed by atoms with E-state index in [0.717, 1.165) is 5.56 Å². The van der Waals surface area contributed by atoms with Gasteiger partial charge < -0.3 is 10.6 Å². The van der Waals surface area contributed by atoms with E-state index in [1.54, 1.807) is 24.3 Å². The van der Waals surface area contributed by atoms with Crippen molar-refractivity contribution < 1.29 is 13.6 Å². The molecule has 0 radical (unpaired) electrons. The topological polar surface area (TPSA) is 47.6 Å². The first-order valence-corrected chi connectivity index (χ1v) is 4.42. The van der Waals surface area contributed by atoms with E-state index in [1.165, 1.54) is 0 Å². The average Bonchev–Trinajstić information content (AvgIpc) is 2.29. The summed E-state index contributed by atoms with van der Waals surface area (Å²) < 4.78 is 23.8. The van der Waals surface area contributed by atoms with Crippen molar-refractivity contribution in [3.05, 3.63) is 35.4 Å². The summed E-state index contributed by atoms with van der Waals surface area (Å²) in [5.74, 6) is 1.61. The van der Waals surface area contributed by atoms with Crippen LogP contribution in [0.25, 0.3) is 0 Å². The minimum absolute atomic E-state index is 0.0446. The van der Waals surface area contributed by atoms with Gasteiger partial charge in [0.1, 0.15) is 6.61 Å². The minimum atomic E-state index is -2.81. The lowest BCUT2D eigenvalue weighted by molar-refractivity contribution is 0.121. The number of amidine groups is 1. The second-order valence-corrected chi connectivity index (χ2v) is 2.94. The first-order valence-electron chi connectivity index (χ1n) is 4.42. The third kappa shape index (κ3) is 3.58. The Hall–Kier alpha value is -2.09. The number of nitrogens with zero attached hydrogens (tertiary/aromatic N) is 1. The number of benzene rings is 1. The van der Waals surface area contributed by atoms with Crippen molar-refractivity contribution in [2.24, 2.45) is 10.9 Å². The molecule has 1 rings (SSSR count). The Balaban J connectivity index is 2.56. The molecule has 3 nitrogen and oxygen atoms in total. The van der Waals surface area contributed by atoms with E-state index in [2.05, 4.69) is 15.9 Å². The summed E-state index contributed by atoms with van der Waals surface area (Å²) in [7, 11) is 0. The van der Waals surface area contributed by atoms with Gasteiger partial charge in [0.05, 0.1) is 0 Å². The molecule has 0 bridgehead atoms. The van der Waals surface area contributed by atoms with Gasteiger partial charge in [0.2, 0.25) is 5.84 Å². The number of alkyl halides is 2. The molecule has 0 saturated carbocycles. The summed E-state index contributed by atoms with van der Waals surface area (Å²) in [4.78, 5) is 4.66. The molecular weight excluding hydrogens is 214 g/mol. The first kappa shape index (κ1) is 12.0. The molecule has 1 aromatic rings. The van der Waals surface area contributed by atoms with Gasteiger partial charge in [-0.15, -0.1) is 6.42 Å². The SMILES string of the molecule is C#Cc1cccc(CO/N=C(\N)C(F)F)c1. The Morgan fingerprint density at radius 3 is 2.94 bits per heavy atom. The first-order chi connectivity index (χ1) is 7.63. The van der Waals surface area contributed by atoms with Crippen LogP contribution in [0.3, 0.4) is 0 Å². The number of oxime groups is 1. The van der Waals surface area contributed by atoms with Crippen LogP contribution in [0.4, 0.5) is 8.78 Å². The van der Waals surface area contributed by atoms with Gasteiger partial charge in [-0.2, -0.15) is 0 Å². The molecule has 0 heterocycles. The summed E-state index contributed by atoms with van der Waals surface area (Å²) in [6.45, 7) is 0.0446. The van der Waals surface area contributed by atoms with Crippen molar-refractivity contribution in [1.82, 2.24) is 0 Å². The lowest BCUT2D eigenvalue weighted by Crippen LogP contribution is -2.21. The van der Waals surface area contributed by atoms with Gasteiger partial charge in [0, 0.05) is 5.56 Å². The van der Waals surface area contributed by atoms with Crippen molar-refractivity contribution in [2.45, 2.75) is 13.0 Å². The van der Waals surface area contributed by atoms with E-state index in [-0.39, 0.29) is 6.61 Å². The molecule has 0 fully saturated rings. The quantitative estimate of drug-likeness (QED) is 0.366. The van der Waals surface area contributed by atoms with Gasteiger partial charge in [-0.25, -0.2) is 8.78 Å². The van der Waals surface area contributed by atoms with Gasteiger partial charge in [-0.05, 0) is 17.7 Å². The molecule has 0 unspecified atom stereocenters. The van der Waals surface area contributed by atoms with Crippen LogP contribution < -0.4 is 5.73 Å². The maximum absolute atomic E-state index is 11.9. The molecule has 0 aliphatic carbocycles. The fourth-order valence-electron chi connectivity index (χ4n) is 0.972. The van der Waals surface area contributed by atoms with Crippen LogP contribution >= 0.6 is 0 Å². The minimum Gasteiger partial charge on any atom is -0.389 e. The van der Waals surface area contributed by atoms with Crippen LogP contribution in [0.5, 0.6) is 0 Å². The molecule has 0 saturated heterocycles. The number of terminal acetylenes is 1. The smallest absolute Gasteiger partial charge is 0.298 e. The van der Waals surface area contributed by atoms with Crippen molar-refractivity contribution in [3.8, 4) is 12.3 Å². The predicted octanol–water partition coefficient (Wildman–Crippen LogP) is 1.72. The molecule has 0 aromatic heterocycles. The maximum atomic E-state index is 11.9. The highest BCUT2D eigenvalue weighted by atomic mass is 19.3. The van der Waals surface area contributed by atoms with Gasteiger partial charge in [0.15, 0.2) is 0 Å². The summed E-state index contributed by atoms with van der Waals surface area (Å²) in [6.07, 6.45) is 2.39. The molecule has 0 amide bonds. The van der Waals surface area contributed by atoms with Crippen LogP contribution in [0, 0.1) is 12.3 Å². The Morgan fingerprint density at radius 2 is 2.31 bits per heavy atom. The van der Waals surface area contributed by atoms with E-state index in [4.69, 9.17) is 12.2 Å². The van der Waals surface area contributed by atoms with Crippen LogP contribution in [0.1, 0.15) is 11.1 Å². The van der Waals surface area contributed by atoms with Crippen LogP contribution in [-0.2, 0) is 11.4 Å². The molecular formula is C11H10F2N2O. The van der Waals surface area contributed by atoms with Gasteiger partial charge in [0.25, 0.3) is 6.43 Å². The zero-order chi connectivity index (χ0) is 12.0. The molecule has 5 heteroatoms. The maximum Gasteiger partial charge on any atom is 0.298 e. The third-order valence-electron chi connectivity index (χ3n) is 1.72. The number of hydrogen-bond donors (Lipinski definition) is 1. The highest BCUT2D eigenvalue weighted by Crippen LogP contribution is 2.05. The predicted molar refractivity (Wildman–Crippen MR) is 56.8 cm³/mol. The summed E-state index contributed by atoms with van der Waals surface area (Å²) in [6, 6.07) is 6.94. The summed E-state index contributed by atoms with van der Waals surface area (Å²) in [5.41, 5.74) is 6.30. The second kappa shape index (κ2) is 5.71. The number of halogens is 2. The summed E-state index contributed by atoms with van der Waals surface area (Å²) >= 11 is 0. The van der Waals surface area contributed by atoms with Crippen molar-refractivity contribution >= 4 is 5.84 Å². The lowest BCUT2D eigenvalue weighted by Gasteiger charge is -2.02. The van der Waals surface area contributed by atoms with Crippen LogP contribution in [0.2, 0.25) is 0 Å². The molecule has 0 aliphatic rings.